The Bertz CT molecular complexity index is 259. The molecular weight excluding hydrogens is 162 g/mol. The molecule has 0 aliphatic heterocycles. The van der Waals surface area contributed by atoms with Gasteiger partial charge in [-0.15, -0.1) is 0 Å². The van der Waals surface area contributed by atoms with Crippen molar-refractivity contribution < 1.29 is 0 Å². The fourth-order valence-corrected chi connectivity index (χ4v) is 1.43. The summed E-state index contributed by atoms with van der Waals surface area (Å²) in [6.07, 6.45) is 0. The highest BCUT2D eigenvalue weighted by Gasteiger charge is 2.02. The van der Waals surface area contributed by atoms with E-state index in [1.807, 2.05) is 12.1 Å². The number of hydrogen-bond donors (Lipinski definition) is 2. The number of nitrogen functional groups attached to an aromatic ring is 2. The zero-order chi connectivity index (χ0) is 9.84. The first-order valence-electron chi connectivity index (χ1n) is 4.58. The van der Waals surface area contributed by atoms with Gasteiger partial charge in [0.05, 0.1) is 0 Å². The molecule has 13 heavy (non-hydrogen) atoms. The van der Waals surface area contributed by atoms with Gasteiger partial charge in [0.15, 0.2) is 0 Å². The van der Waals surface area contributed by atoms with Gasteiger partial charge in [0.25, 0.3) is 0 Å². The zero-order valence-corrected chi connectivity index (χ0v) is 8.25. The van der Waals surface area contributed by atoms with Crippen LogP contribution in [-0.2, 0) is 0 Å². The summed E-state index contributed by atoms with van der Waals surface area (Å²) in [5, 5.41) is 0. The monoisotopic (exact) mass is 179 g/mol. The summed E-state index contributed by atoms with van der Waals surface area (Å²) in [6, 6.07) is 5.67. The first-order chi connectivity index (χ1) is 6.17. The highest BCUT2D eigenvalue weighted by atomic mass is 15.1. The molecule has 0 aromatic heterocycles. The predicted octanol–water partition coefficient (Wildman–Crippen LogP) is 1.70. The van der Waals surface area contributed by atoms with Gasteiger partial charge >= 0.3 is 0 Å². The lowest BCUT2D eigenvalue weighted by molar-refractivity contribution is 0.867. The SMILES string of the molecule is CCN(CC)c1cc(N)cc(N)c1. The summed E-state index contributed by atoms with van der Waals surface area (Å²) in [4.78, 5) is 2.22. The van der Waals surface area contributed by atoms with Crippen LogP contribution in [-0.4, -0.2) is 13.1 Å². The first-order valence-corrected chi connectivity index (χ1v) is 4.58. The molecule has 0 spiro atoms. The Kier molecular flexibility index (Phi) is 3.01. The third-order valence-corrected chi connectivity index (χ3v) is 2.09. The molecule has 0 bridgehead atoms. The number of benzene rings is 1. The van der Waals surface area contributed by atoms with Crippen molar-refractivity contribution in [2.24, 2.45) is 0 Å². The molecule has 0 saturated carbocycles. The van der Waals surface area contributed by atoms with Crippen LogP contribution in [0.1, 0.15) is 13.8 Å². The Balaban J connectivity index is 2.99. The fourth-order valence-electron chi connectivity index (χ4n) is 1.43. The summed E-state index contributed by atoms with van der Waals surface area (Å²) in [7, 11) is 0. The highest BCUT2D eigenvalue weighted by Crippen LogP contribution is 2.21. The maximum absolute atomic E-state index is 5.70. The molecule has 0 aliphatic carbocycles. The van der Waals surface area contributed by atoms with Crippen LogP contribution in [0.4, 0.5) is 17.1 Å². The van der Waals surface area contributed by atoms with E-state index in [1.54, 1.807) is 6.07 Å². The van der Waals surface area contributed by atoms with Crippen LogP contribution >= 0.6 is 0 Å². The molecule has 0 unspecified atom stereocenters. The number of nitrogens with zero attached hydrogens (tertiary/aromatic N) is 1. The van der Waals surface area contributed by atoms with Crippen LogP contribution in [0.15, 0.2) is 18.2 Å². The smallest absolute Gasteiger partial charge is 0.0407 e. The molecule has 0 aliphatic rings. The standard InChI is InChI=1S/C10H17N3/c1-3-13(4-2)10-6-8(11)5-9(12)7-10/h5-7H,3-4,11-12H2,1-2H3. The molecule has 1 aromatic rings. The second-order valence-corrected chi connectivity index (χ2v) is 3.03. The largest absolute Gasteiger partial charge is 0.399 e. The van der Waals surface area contributed by atoms with Crippen molar-refractivity contribution in [3.8, 4) is 0 Å². The maximum Gasteiger partial charge on any atom is 0.0407 e. The van der Waals surface area contributed by atoms with E-state index in [1.165, 1.54) is 0 Å². The highest BCUT2D eigenvalue weighted by molar-refractivity contribution is 5.64. The summed E-state index contributed by atoms with van der Waals surface area (Å²) in [5.41, 5.74) is 13.9. The average molecular weight is 179 g/mol. The summed E-state index contributed by atoms with van der Waals surface area (Å²) in [5.74, 6) is 0. The van der Waals surface area contributed by atoms with Crippen LogP contribution < -0.4 is 16.4 Å². The van der Waals surface area contributed by atoms with E-state index in [0.29, 0.717) is 0 Å². The lowest BCUT2D eigenvalue weighted by atomic mass is 10.2. The van der Waals surface area contributed by atoms with Gasteiger partial charge in [0.2, 0.25) is 0 Å². The van der Waals surface area contributed by atoms with Crippen molar-refractivity contribution in [1.29, 1.82) is 0 Å². The molecule has 3 nitrogen and oxygen atoms in total. The van der Waals surface area contributed by atoms with E-state index < -0.39 is 0 Å². The van der Waals surface area contributed by atoms with Gasteiger partial charge in [-0.3, -0.25) is 0 Å². The average Bonchev–Trinajstić information content (AvgIpc) is 2.04. The van der Waals surface area contributed by atoms with Gasteiger partial charge < -0.3 is 16.4 Å². The summed E-state index contributed by atoms with van der Waals surface area (Å²) >= 11 is 0. The third kappa shape index (κ3) is 2.28. The van der Waals surface area contributed by atoms with Crippen LogP contribution in [0.5, 0.6) is 0 Å². The molecule has 0 fully saturated rings. The van der Waals surface area contributed by atoms with E-state index in [2.05, 4.69) is 18.7 Å². The summed E-state index contributed by atoms with van der Waals surface area (Å²) in [6.45, 7) is 6.17. The Morgan fingerprint density at radius 1 is 1.00 bits per heavy atom. The Morgan fingerprint density at radius 3 is 1.85 bits per heavy atom. The zero-order valence-electron chi connectivity index (χ0n) is 8.25. The van der Waals surface area contributed by atoms with Gasteiger partial charge in [-0.25, -0.2) is 0 Å². The molecule has 0 radical (unpaired) electrons. The molecule has 0 atom stereocenters. The number of anilines is 3. The molecule has 0 saturated heterocycles. The second-order valence-electron chi connectivity index (χ2n) is 3.03. The number of hydrogen-bond acceptors (Lipinski definition) is 3. The van der Waals surface area contributed by atoms with Crippen LogP contribution in [0, 0.1) is 0 Å². The van der Waals surface area contributed by atoms with Gasteiger partial charge in [0.1, 0.15) is 0 Å². The van der Waals surface area contributed by atoms with Crippen molar-refractivity contribution in [3.05, 3.63) is 18.2 Å². The number of rotatable bonds is 3. The lowest BCUT2D eigenvalue weighted by Crippen LogP contribution is -2.21. The minimum atomic E-state index is 0.724. The Morgan fingerprint density at radius 2 is 1.46 bits per heavy atom. The van der Waals surface area contributed by atoms with Gasteiger partial charge in [-0.05, 0) is 32.0 Å². The summed E-state index contributed by atoms with van der Waals surface area (Å²) < 4.78 is 0. The van der Waals surface area contributed by atoms with E-state index in [9.17, 15) is 0 Å². The molecule has 3 heteroatoms. The van der Waals surface area contributed by atoms with Crippen molar-refractivity contribution in [2.75, 3.05) is 29.5 Å². The van der Waals surface area contributed by atoms with Gasteiger partial charge in [0, 0.05) is 30.2 Å². The molecule has 72 valence electrons. The Labute approximate surface area is 79.3 Å². The lowest BCUT2D eigenvalue weighted by Gasteiger charge is -2.21. The van der Waals surface area contributed by atoms with E-state index >= 15 is 0 Å². The first kappa shape index (κ1) is 9.71. The van der Waals surface area contributed by atoms with E-state index in [0.717, 1.165) is 30.2 Å². The molecule has 0 amide bonds. The molecule has 1 rings (SSSR count). The fraction of sp³-hybridized carbons (Fsp3) is 0.400. The van der Waals surface area contributed by atoms with Crippen LogP contribution in [0.2, 0.25) is 0 Å². The van der Waals surface area contributed by atoms with E-state index in [4.69, 9.17) is 11.5 Å². The van der Waals surface area contributed by atoms with Crippen molar-refractivity contribution >= 4 is 17.1 Å². The molecular formula is C10H17N3. The van der Waals surface area contributed by atoms with Crippen LogP contribution in [0.3, 0.4) is 0 Å². The minimum absolute atomic E-state index is 0.724. The predicted molar refractivity (Wildman–Crippen MR) is 58.8 cm³/mol. The maximum atomic E-state index is 5.70. The normalized spacial score (nSPS) is 10.0. The van der Waals surface area contributed by atoms with Crippen LogP contribution in [0.25, 0.3) is 0 Å². The van der Waals surface area contributed by atoms with E-state index in [-0.39, 0.29) is 0 Å². The second kappa shape index (κ2) is 4.03. The quantitative estimate of drug-likeness (QED) is 0.694. The Hall–Kier alpha value is -1.38. The van der Waals surface area contributed by atoms with Crippen molar-refractivity contribution in [3.63, 3.8) is 0 Å². The topological polar surface area (TPSA) is 55.3 Å². The van der Waals surface area contributed by atoms with Crippen molar-refractivity contribution in [1.82, 2.24) is 0 Å². The third-order valence-electron chi connectivity index (χ3n) is 2.09. The van der Waals surface area contributed by atoms with Crippen molar-refractivity contribution in [2.45, 2.75) is 13.8 Å². The number of nitrogens with two attached hydrogens (primary N) is 2. The molecule has 0 heterocycles. The van der Waals surface area contributed by atoms with Gasteiger partial charge in [-0.1, -0.05) is 0 Å². The van der Waals surface area contributed by atoms with Gasteiger partial charge in [-0.2, -0.15) is 0 Å². The molecule has 1 aromatic carbocycles. The minimum Gasteiger partial charge on any atom is -0.399 e. The molecule has 4 N–H and O–H groups in total.